The molecule has 0 N–H and O–H groups in total. The van der Waals surface area contributed by atoms with Gasteiger partial charge in [-0.25, -0.2) is 14.6 Å². The summed E-state index contributed by atoms with van der Waals surface area (Å²) in [7, 11) is 1.82. The highest BCUT2D eigenvalue weighted by Crippen LogP contribution is 2.28. The number of carbonyl (C=O) groups excluding carboxylic acids is 1. The lowest BCUT2D eigenvalue weighted by atomic mass is 10.1. The molecule has 3 aromatic heterocycles. The average molecular weight is 376 g/mol. The summed E-state index contributed by atoms with van der Waals surface area (Å²) in [6.07, 6.45) is 0. The van der Waals surface area contributed by atoms with Crippen LogP contribution < -0.4 is 0 Å². The lowest BCUT2D eigenvalue weighted by Crippen LogP contribution is -2.33. The van der Waals surface area contributed by atoms with Gasteiger partial charge in [-0.15, -0.1) is 22.7 Å². The van der Waals surface area contributed by atoms with E-state index in [0.29, 0.717) is 13.1 Å². The van der Waals surface area contributed by atoms with Crippen molar-refractivity contribution in [2.45, 2.75) is 33.9 Å². The molecule has 3 aromatic rings. The predicted molar refractivity (Wildman–Crippen MR) is 101 cm³/mol. The molecule has 0 spiro atoms. The van der Waals surface area contributed by atoms with Gasteiger partial charge in [0.2, 0.25) is 5.91 Å². The van der Waals surface area contributed by atoms with Crippen molar-refractivity contribution in [2.24, 2.45) is 5.92 Å². The van der Waals surface area contributed by atoms with Crippen LogP contribution in [0.3, 0.4) is 0 Å². The van der Waals surface area contributed by atoms with Crippen molar-refractivity contribution in [3.8, 4) is 9.88 Å². The summed E-state index contributed by atoms with van der Waals surface area (Å²) >= 11 is 3.29. The second kappa shape index (κ2) is 7.45. The van der Waals surface area contributed by atoms with Gasteiger partial charge >= 0.3 is 0 Å². The Bertz CT molecular complexity index is 852. The molecule has 25 heavy (non-hydrogen) atoms. The molecule has 8 heteroatoms. The second-order valence-electron chi connectivity index (χ2n) is 6.10. The lowest BCUT2D eigenvalue weighted by molar-refractivity contribution is -0.134. The lowest BCUT2D eigenvalue weighted by Gasteiger charge is -2.20. The Labute approximate surface area is 155 Å². The molecule has 0 unspecified atom stereocenters. The molecule has 0 aliphatic rings. The molecular weight excluding hydrogens is 354 g/mol. The second-order valence-corrected chi connectivity index (χ2v) is 7.91. The molecule has 0 fully saturated rings. The molecule has 132 valence electrons. The molecule has 3 heterocycles. The van der Waals surface area contributed by atoms with Crippen LogP contribution in [0, 0.1) is 19.8 Å². The van der Waals surface area contributed by atoms with Gasteiger partial charge in [0.1, 0.15) is 16.7 Å². The Morgan fingerprint density at radius 3 is 2.76 bits per heavy atom. The smallest absolute Gasteiger partial charge is 0.227 e. The number of thiazole rings is 1. The topological polar surface area (TPSA) is 63.9 Å². The molecule has 0 aromatic carbocycles. The molecule has 1 amide bonds. The Hall–Kier alpha value is -2.06. The first kappa shape index (κ1) is 17.8. The van der Waals surface area contributed by atoms with Crippen LogP contribution in [0.2, 0.25) is 0 Å². The number of hydrogen-bond acceptors (Lipinski definition) is 6. The Balaban J connectivity index is 1.61. The Kier molecular flexibility index (Phi) is 5.29. The number of hydrogen-bond donors (Lipinski definition) is 0. The van der Waals surface area contributed by atoms with Crippen LogP contribution in [0.4, 0.5) is 0 Å². The zero-order valence-corrected chi connectivity index (χ0v) is 16.4. The van der Waals surface area contributed by atoms with E-state index < -0.39 is 0 Å². The van der Waals surface area contributed by atoms with Crippen molar-refractivity contribution >= 4 is 28.6 Å². The summed E-state index contributed by atoms with van der Waals surface area (Å²) in [5.41, 5.74) is 0.921. The molecular formula is C17H21N5OS2. The Morgan fingerprint density at radius 1 is 1.32 bits per heavy atom. The van der Waals surface area contributed by atoms with Crippen molar-refractivity contribution in [2.75, 3.05) is 7.05 Å². The molecule has 0 bridgehead atoms. The monoisotopic (exact) mass is 375 g/mol. The zero-order chi connectivity index (χ0) is 18.0. The van der Waals surface area contributed by atoms with E-state index >= 15 is 0 Å². The van der Waals surface area contributed by atoms with Gasteiger partial charge < -0.3 is 4.90 Å². The van der Waals surface area contributed by atoms with E-state index in [1.807, 2.05) is 44.6 Å². The molecule has 0 saturated heterocycles. The fraction of sp³-hybridized carbons (Fsp3) is 0.412. The minimum Gasteiger partial charge on any atom is -0.340 e. The van der Waals surface area contributed by atoms with Crippen molar-refractivity contribution in [3.05, 3.63) is 40.2 Å². The number of thiophene rings is 1. The van der Waals surface area contributed by atoms with E-state index in [9.17, 15) is 4.79 Å². The van der Waals surface area contributed by atoms with Crippen LogP contribution in [-0.2, 0) is 17.9 Å². The maximum absolute atomic E-state index is 12.6. The maximum Gasteiger partial charge on any atom is 0.227 e. The summed E-state index contributed by atoms with van der Waals surface area (Å²) in [5, 5.41) is 9.41. The van der Waals surface area contributed by atoms with Crippen LogP contribution in [0.5, 0.6) is 0 Å². The van der Waals surface area contributed by atoms with Crippen LogP contribution >= 0.6 is 22.7 Å². The Morgan fingerprint density at radius 2 is 2.12 bits per heavy atom. The number of aryl methyl sites for hydroxylation is 2. The SMILES string of the molecule is Cc1nc(C)n(C[C@@H](C)C(=O)N(C)Cc2csc(-c3cccs3)n2)n1. The van der Waals surface area contributed by atoms with Crippen molar-refractivity contribution in [3.63, 3.8) is 0 Å². The third kappa shape index (κ3) is 4.13. The van der Waals surface area contributed by atoms with E-state index in [1.165, 1.54) is 0 Å². The largest absolute Gasteiger partial charge is 0.340 e. The van der Waals surface area contributed by atoms with E-state index in [-0.39, 0.29) is 11.8 Å². The van der Waals surface area contributed by atoms with Gasteiger partial charge in [0.05, 0.1) is 29.6 Å². The van der Waals surface area contributed by atoms with Crippen LogP contribution in [-0.4, -0.2) is 37.6 Å². The highest BCUT2D eigenvalue weighted by Gasteiger charge is 2.20. The predicted octanol–water partition coefficient (Wildman–Crippen LogP) is 3.37. The summed E-state index contributed by atoms with van der Waals surface area (Å²) in [4.78, 5) is 24.5. The van der Waals surface area contributed by atoms with Crippen LogP contribution in [0.25, 0.3) is 9.88 Å². The summed E-state index contributed by atoms with van der Waals surface area (Å²) in [6.45, 7) is 6.74. The first-order valence-corrected chi connectivity index (χ1v) is 9.81. The van der Waals surface area contributed by atoms with Gasteiger partial charge in [0, 0.05) is 12.4 Å². The normalized spacial score (nSPS) is 12.3. The van der Waals surface area contributed by atoms with Crippen molar-refractivity contribution in [1.29, 1.82) is 0 Å². The van der Waals surface area contributed by atoms with Gasteiger partial charge in [0.15, 0.2) is 0 Å². The average Bonchev–Trinajstić information content (AvgIpc) is 3.28. The third-order valence-electron chi connectivity index (χ3n) is 3.89. The van der Waals surface area contributed by atoms with E-state index in [1.54, 1.807) is 32.3 Å². The number of carbonyl (C=O) groups is 1. The molecule has 0 aliphatic heterocycles. The molecule has 6 nitrogen and oxygen atoms in total. The molecule has 0 radical (unpaired) electrons. The van der Waals surface area contributed by atoms with E-state index in [4.69, 9.17) is 0 Å². The summed E-state index contributed by atoms with van der Waals surface area (Å²) in [5.74, 6) is 1.48. The van der Waals surface area contributed by atoms with Gasteiger partial charge in [-0.3, -0.25) is 4.79 Å². The number of aromatic nitrogens is 4. The van der Waals surface area contributed by atoms with Gasteiger partial charge in [-0.2, -0.15) is 5.10 Å². The van der Waals surface area contributed by atoms with Crippen molar-refractivity contribution in [1.82, 2.24) is 24.6 Å². The minimum absolute atomic E-state index is 0.0817. The zero-order valence-electron chi connectivity index (χ0n) is 14.8. The standard InChI is InChI=1S/C17H21N5OS2/c1-11(8-22-13(3)18-12(2)20-22)17(23)21(4)9-14-10-25-16(19-14)15-6-5-7-24-15/h5-7,10-11H,8-9H2,1-4H3/t11-/m1/s1. The molecule has 3 rings (SSSR count). The van der Waals surface area contributed by atoms with Crippen molar-refractivity contribution < 1.29 is 4.79 Å². The highest BCUT2D eigenvalue weighted by atomic mass is 32.1. The highest BCUT2D eigenvalue weighted by molar-refractivity contribution is 7.20. The fourth-order valence-electron chi connectivity index (χ4n) is 2.66. The van der Waals surface area contributed by atoms with Gasteiger partial charge in [-0.1, -0.05) is 13.0 Å². The third-order valence-corrected chi connectivity index (χ3v) is 5.82. The quantitative estimate of drug-likeness (QED) is 0.663. The van der Waals surface area contributed by atoms with E-state index in [2.05, 4.69) is 21.1 Å². The molecule has 0 saturated carbocycles. The van der Waals surface area contributed by atoms with Gasteiger partial charge in [-0.05, 0) is 25.3 Å². The van der Waals surface area contributed by atoms with Crippen LogP contribution in [0.1, 0.15) is 24.3 Å². The molecule has 0 aliphatic carbocycles. The van der Waals surface area contributed by atoms with Gasteiger partial charge in [0.25, 0.3) is 0 Å². The van der Waals surface area contributed by atoms with Crippen LogP contribution in [0.15, 0.2) is 22.9 Å². The minimum atomic E-state index is -0.166. The maximum atomic E-state index is 12.6. The number of rotatable bonds is 6. The number of nitrogens with zero attached hydrogens (tertiary/aromatic N) is 5. The summed E-state index contributed by atoms with van der Waals surface area (Å²) in [6, 6.07) is 4.08. The first-order chi connectivity index (χ1) is 11.9. The summed E-state index contributed by atoms with van der Waals surface area (Å²) < 4.78 is 1.80. The number of amides is 1. The first-order valence-electron chi connectivity index (χ1n) is 8.05. The van der Waals surface area contributed by atoms with E-state index in [0.717, 1.165) is 27.2 Å². The molecule has 1 atom stereocenters. The fourth-order valence-corrected chi connectivity index (χ4v) is 4.29.